The number of carbonyl (C=O) groups is 1. The van der Waals surface area contributed by atoms with Crippen molar-refractivity contribution in [3.05, 3.63) is 29.8 Å². The predicted molar refractivity (Wildman–Crippen MR) is 74.0 cm³/mol. The van der Waals surface area contributed by atoms with Crippen molar-refractivity contribution in [2.45, 2.75) is 25.9 Å². The van der Waals surface area contributed by atoms with E-state index in [4.69, 9.17) is 0 Å². The third kappa shape index (κ3) is 2.28. The van der Waals surface area contributed by atoms with Crippen LogP contribution in [0.5, 0.6) is 17.2 Å². The summed E-state index contributed by atoms with van der Waals surface area (Å²) in [5, 5.41) is 40.3. The maximum absolute atomic E-state index is 11.8. The van der Waals surface area contributed by atoms with E-state index in [1.807, 2.05) is 0 Å². The fourth-order valence-electron chi connectivity index (χ4n) is 1.99. The van der Waals surface area contributed by atoms with Gasteiger partial charge in [0.2, 0.25) is 0 Å². The minimum absolute atomic E-state index is 0.0895. The number of rotatable bonds is 3. The minimum Gasteiger partial charge on any atom is -0.507 e. The average Bonchev–Trinajstić information content (AvgIpc) is 2.39. The number of aromatic hydroxyl groups is 3. The molecule has 0 unspecified atom stereocenters. The van der Waals surface area contributed by atoms with E-state index in [2.05, 4.69) is 0 Å². The lowest BCUT2D eigenvalue weighted by atomic mass is 9.93. The number of phenolic OH excluding ortho intramolecular Hbond substituents is 3. The summed E-state index contributed by atoms with van der Waals surface area (Å²) in [4.78, 5) is 11.8. The first-order valence-electron chi connectivity index (χ1n) is 6.13. The van der Waals surface area contributed by atoms with Crippen LogP contribution in [-0.2, 0) is 11.2 Å². The van der Waals surface area contributed by atoms with Crippen LogP contribution in [0.15, 0.2) is 24.3 Å². The number of ketones is 1. The van der Waals surface area contributed by atoms with Crippen LogP contribution >= 0.6 is 0 Å². The standard InChI is InChI=1S/C15H16O5/c1-15(2,20)11(16)7-10-12(17)8-5-3-4-6-9(8)13(18)14(10)19/h3-6,17-20H,7H2,1-2H3. The first-order chi connectivity index (χ1) is 9.23. The van der Waals surface area contributed by atoms with Crippen molar-refractivity contribution in [2.75, 3.05) is 0 Å². The van der Waals surface area contributed by atoms with Gasteiger partial charge in [-0.2, -0.15) is 0 Å². The van der Waals surface area contributed by atoms with E-state index in [9.17, 15) is 25.2 Å². The van der Waals surface area contributed by atoms with Crippen molar-refractivity contribution < 1.29 is 25.2 Å². The van der Waals surface area contributed by atoms with Crippen molar-refractivity contribution in [2.24, 2.45) is 0 Å². The highest BCUT2D eigenvalue weighted by Crippen LogP contribution is 2.44. The van der Waals surface area contributed by atoms with E-state index >= 15 is 0 Å². The highest BCUT2D eigenvalue weighted by atomic mass is 16.3. The average molecular weight is 276 g/mol. The third-order valence-corrected chi connectivity index (χ3v) is 3.25. The summed E-state index contributed by atoms with van der Waals surface area (Å²) >= 11 is 0. The smallest absolute Gasteiger partial charge is 0.168 e. The van der Waals surface area contributed by atoms with E-state index in [0.29, 0.717) is 10.8 Å². The largest absolute Gasteiger partial charge is 0.507 e. The Morgan fingerprint density at radius 2 is 1.50 bits per heavy atom. The molecule has 0 aliphatic carbocycles. The van der Waals surface area contributed by atoms with Crippen LogP contribution in [0.4, 0.5) is 0 Å². The number of benzene rings is 2. The van der Waals surface area contributed by atoms with Gasteiger partial charge in [-0.15, -0.1) is 0 Å². The Morgan fingerprint density at radius 1 is 1.00 bits per heavy atom. The Hall–Kier alpha value is -2.27. The molecule has 0 heterocycles. The second-order valence-electron chi connectivity index (χ2n) is 5.23. The molecule has 5 heteroatoms. The van der Waals surface area contributed by atoms with Crippen molar-refractivity contribution in [1.82, 2.24) is 0 Å². The molecule has 0 aliphatic heterocycles. The number of fused-ring (bicyclic) bond motifs is 1. The molecule has 20 heavy (non-hydrogen) atoms. The predicted octanol–water partition coefficient (Wildman–Crippen LogP) is 1.84. The van der Waals surface area contributed by atoms with E-state index in [1.54, 1.807) is 24.3 Å². The Kier molecular flexibility index (Phi) is 3.31. The maximum Gasteiger partial charge on any atom is 0.168 e. The van der Waals surface area contributed by atoms with Gasteiger partial charge >= 0.3 is 0 Å². The van der Waals surface area contributed by atoms with Crippen LogP contribution < -0.4 is 0 Å². The normalized spacial score (nSPS) is 11.8. The molecule has 2 rings (SSSR count). The SMILES string of the molecule is CC(C)(O)C(=O)Cc1c(O)c(O)c2ccccc2c1O. The Bertz CT molecular complexity index is 683. The van der Waals surface area contributed by atoms with Gasteiger partial charge in [-0.3, -0.25) is 4.79 Å². The molecule has 0 aromatic heterocycles. The first kappa shape index (κ1) is 14.1. The zero-order chi connectivity index (χ0) is 15.1. The summed E-state index contributed by atoms with van der Waals surface area (Å²) in [5.74, 6) is -1.78. The molecule has 4 N–H and O–H groups in total. The molecule has 2 aromatic carbocycles. The maximum atomic E-state index is 11.8. The van der Waals surface area contributed by atoms with E-state index in [0.717, 1.165) is 0 Å². The van der Waals surface area contributed by atoms with E-state index in [-0.39, 0.29) is 17.7 Å². The lowest BCUT2D eigenvalue weighted by molar-refractivity contribution is -0.133. The zero-order valence-corrected chi connectivity index (χ0v) is 11.2. The zero-order valence-electron chi connectivity index (χ0n) is 11.2. The number of hydrogen-bond acceptors (Lipinski definition) is 5. The molecule has 0 fully saturated rings. The molecule has 0 radical (unpaired) electrons. The van der Waals surface area contributed by atoms with Gasteiger partial charge in [-0.25, -0.2) is 0 Å². The van der Waals surface area contributed by atoms with Crippen LogP contribution in [0.25, 0.3) is 10.8 Å². The van der Waals surface area contributed by atoms with Gasteiger partial charge in [0, 0.05) is 22.8 Å². The second-order valence-corrected chi connectivity index (χ2v) is 5.23. The van der Waals surface area contributed by atoms with Crippen LogP contribution in [0.2, 0.25) is 0 Å². The van der Waals surface area contributed by atoms with Gasteiger partial charge in [-0.1, -0.05) is 24.3 Å². The van der Waals surface area contributed by atoms with Gasteiger partial charge in [-0.05, 0) is 13.8 Å². The fraction of sp³-hybridized carbons (Fsp3) is 0.267. The van der Waals surface area contributed by atoms with Crippen molar-refractivity contribution >= 4 is 16.6 Å². The van der Waals surface area contributed by atoms with Crippen molar-refractivity contribution in [1.29, 1.82) is 0 Å². The molecule has 0 aliphatic rings. The molecule has 0 spiro atoms. The van der Waals surface area contributed by atoms with Crippen LogP contribution in [0.1, 0.15) is 19.4 Å². The van der Waals surface area contributed by atoms with E-state index in [1.165, 1.54) is 13.8 Å². The topological polar surface area (TPSA) is 98.0 Å². The first-order valence-corrected chi connectivity index (χ1v) is 6.13. The number of Topliss-reactive ketones (excluding diaryl/α,β-unsaturated/α-hetero) is 1. The van der Waals surface area contributed by atoms with Crippen LogP contribution in [0, 0.1) is 0 Å². The number of aliphatic hydroxyl groups is 1. The monoisotopic (exact) mass is 276 g/mol. The lowest BCUT2D eigenvalue weighted by Crippen LogP contribution is -2.32. The van der Waals surface area contributed by atoms with Gasteiger partial charge < -0.3 is 20.4 Å². The molecule has 0 saturated carbocycles. The number of hydrogen-bond donors (Lipinski definition) is 4. The Labute approximate surface area is 115 Å². The molecule has 0 atom stereocenters. The molecule has 0 saturated heterocycles. The van der Waals surface area contributed by atoms with Crippen molar-refractivity contribution in [3.63, 3.8) is 0 Å². The quantitative estimate of drug-likeness (QED) is 0.506. The molecule has 2 aromatic rings. The molecule has 0 amide bonds. The molecule has 106 valence electrons. The lowest BCUT2D eigenvalue weighted by Gasteiger charge is -2.17. The minimum atomic E-state index is -1.58. The molecular weight excluding hydrogens is 260 g/mol. The van der Waals surface area contributed by atoms with Gasteiger partial charge in [0.1, 0.15) is 11.4 Å². The fourth-order valence-corrected chi connectivity index (χ4v) is 1.99. The summed E-state index contributed by atoms with van der Waals surface area (Å²) in [6, 6.07) is 6.44. The highest BCUT2D eigenvalue weighted by Gasteiger charge is 2.27. The summed E-state index contributed by atoms with van der Waals surface area (Å²) in [6.07, 6.45) is -0.375. The number of carbonyl (C=O) groups excluding carboxylic acids is 1. The van der Waals surface area contributed by atoms with Crippen LogP contribution in [-0.4, -0.2) is 31.8 Å². The summed E-state index contributed by atoms with van der Waals surface area (Å²) in [5.41, 5.74) is -1.67. The Morgan fingerprint density at radius 3 is 2.00 bits per heavy atom. The molecule has 5 nitrogen and oxygen atoms in total. The number of phenols is 3. The summed E-state index contributed by atoms with van der Waals surface area (Å²) < 4.78 is 0. The third-order valence-electron chi connectivity index (χ3n) is 3.25. The van der Waals surface area contributed by atoms with Gasteiger partial charge in [0.05, 0.1) is 0 Å². The van der Waals surface area contributed by atoms with Gasteiger partial charge in [0.25, 0.3) is 0 Å². The van der Waals surface area contributed by atoms with Crippen molar-refractivity contribution in [3.8, 4) is 17.2 Å². The van der Waals surface area contributed by atoms with Gasteiger partial charge in [0.15, 0.2) is 17.3 Å². The second kappa shape index (κ2) is 4.68. The summed E-state index contributed by atoms with van der Waals surface area (Å²) in [6.45, 7) is 2.65. The summed E-state index contributed by atoms with van der Waals surface area (Å²) in [7, 11) is 0. The molecular formula is C15H16O5. The van der Waals surface area contributed by atoms with E-state index < -0.39 is 22.9 Å². The van der Waals surface area contributed by atoms with Crippen LogP contribution in [0.3, 0.4) is 0 Å². The Balaban J connectivity index is 2.63. The highest BCUT2D eigenvalue weighted by molar-refractivity contribution is 5.99. The molecule has 0 bridgehead atoms.